The number of carbonyl (C=O) groups is 1. The van der Waals surface area contributed by atoms with Crippen molar-refractivity contribution in [1.29, 1.82) is 0 Å². The monoisotopic (exact) mass is 445 g/mol. The van der Waals surface area contributed by atoms with E-state index in [0.717, 1.165) is 11.3 Å². The largest absolute Gasteiger partial charge is 0.497 e. The van der Waals surface area contributed by atoms with Crippen molar-refractivity contribution in [3.05, 3.63) is 82.5 Å². The Bertz CT molecular complexity index is 1340. The molecule has 0 unspecified atom stereocenters. The van der Waals surface area contributed by atoms with Gasteiger partial charge in [-0.15, -0.1) is 0 Å². The van der Waals surface area contributed by atoms with Gasteiger partial charge in [0.25, 0.3) is 5.91 Å². The molecular weight excluding hydrogens is 422 g/mol. The minimum absolute atomic E-state index is 0.171. The van der Waals surface area contributed by atoms with E-state index in [1.54, 1.807) is 36.4 Å². The van der Waals surface area contributed by atoms with E-state index in [0.29, 0.717) is 46.1 Å². The second kappa shape index (κ2) is 9.48. The molecule has 0 fully saturated rings. The van der Waals surface area contributed by atoms with Crippen LogP contribution < -0.4 is 25.0 Å². The minimum atomic E-state index is -0.350. The summed E-state index contributed by atoms with van der Waals surface area (Å²) in [6.07, 6.45) is 0. The molecular formula is C26H23NO6. The number of rotatable bonds is 7. The van der Waals surface area contributed by atoms with Crippen LogP contribution in [0.2, 0.25) is 0 Å². The zero-order chi connectivity index (χ0) is 23.4. The fourth-order valence-corrected chi connectivity index (χ4v) is 3.40. The predicted molar refractivity (Wildman–Crippen MR) is 127 cm³/mol. The summed E-state index contributed by atoms with van der Waals surface area (Å²) in [7, 11) is 3.04. The second-order valence-corrected chi connectivity index (χ2v) is 7.20. The Labute approximate surface area is 190 Å². The van der Waals surface area contributed by atoms with Crippen molar-refractivity contribution in [2.45, 2.75) is 6.92 Å². The van der Waals surface area contributed by atoms with Crippen LogP contribution in [0.3, 0.4) is 0 Å². The van der Waals surface area contributed by atoms with Crippen molar-refractivity contribution in [3.8, 4) is 28.6 Å². The molecule has 0 radical (unpaired) electrons. The van der Waals surface area contributed by atoms with Crippen molar-refractivity contribution in [2.24, 2.45) is 0 Å². The summed E-state index contributed by atoms with van der Waals surface area (Å²) in [4.78, 5) is 25.4. The molecule has 7 heteroatoms. The van der Waals surface area contributed by atoms with Crippen LogP contribution in [0.5, 0.6) is 17.2 Å². The maximum absolute atomic E-state index is 12.8. The number of anilines is 1. The number of nitrogens with one attached hydrogen (secondary N) is 1. The SMILES string of the molecule is CCOc1ccc(-c2cc(=O)c3ccc(NC(=O)c4cc(OC)cc(OC)c4)cc3o2)cc1. The molecule has 0 aliphatic rings. The number of methoxy groups -OCH3 is 2. The third-order valence-electron chi connectivity index (χ3n) is 5.05. The summed E-state index contributed by atoms with van der Waals surface area (Å²) in [5, 5.41) is 3.25. The topological polar surface area (TPSA) is 87.0 Å². The Morgan fingerprint density at radius 2 is 1.58 bits per heavy atom. The number of ether oxygens (including phenoxy) is 3. The first-order chi connectivity index (χ1) is 16.0. The molecule has 0 aliphatic heterocycles. The molecule has 0 aliphatic carbocycles. The van der Waals surface area contributed by atoms with Gasteiger partial charge in [0.05, 0.1) is 26.2 Å². The molecule has 1 heterocycles. The van der Waals surface area contributed by atoms with Gasteiger partial charge >= 0.3 is 0 Å². The summed E-state index contributed by atoms with van der Waals surface area (Å²) < 4.78 is 21.9. The van der Waals surface area contributed by atoms with Crippen LogP contribution in [0.15, 0.2) is 75.9 Å². The lowest BCUT2D eigenvalue weighted by Gasteiger charge is -2.10. The van der Waals surface area contributed by atoms with E-state index < -0.39 is 0 Å². The van der Waals surface area contributed by atoms with Crippen LogP contribution in [0.25, 0.3) is 22.3 Å². The van der Waals surface area contributed by atoms with Gasteiger partial charge in [-0.1, -0.05) is 0 Å². The lowest BCUT2D eigenvalue weighted by molar-refractivity contribution is 0.102. The van der Waals surface area contributed by atoms with Crippen LogP contribution >= 0.6 is 0 Å². The first-order valence-corrected chi connectivity index (χ1v) is 10.4. The van der Waals surface area contributed by atoms with E-state index in [2.05, 4.69) is 5.32 Å². The third-order valence-corrected chi connectivity index (χ3v) is 5.05. The normalized spacial score (nSPS) is 10.6. The fourth-order valence-electron chi connectivity index (χ4n) is 3.40. The maximum Gasteiger partial charge on any atom is 0.255 e. The van der Waals surface area contributed by atoms with Gasteiger partial charge in [0.2, 0.25) is 0 Å². The number of carbonyl (C=O) groups excluding carboxylic acids is 1. The molecule has 0 bridgehead atoms. The summed E-state index contributed by atoms with van der Waals surface area (Å²) in [6.45, 7) is 2.49. The van der Waals surface area contributed by atoms with Crippen molar-refractivity contribution in [2.75, 3.05) is 26.1 Å². The van der Waals surface area contributed by atoms with Crippen molar-refractivity contribution >= 4 is 22.6 Å². The van der Waals surface area contributed by atoms with Gasteiger partial charge in [-0.3, -0.25) is 9.59 Å². The molecule has 4 aromatic rings. The molecule has 0 saturated carbocycles. The zero-order valence-corrected chi connectivity index (χ0v) is 18.5. The van der Waals surface area contributed by atoms with Gasteiger partial charge in [0.15, 0.2) is 5.43 Å². The highest BCUT2D eigenvalue weighted by Crippen LogP contribution is 2.27. The van der Waals surface area contributed by atoms with Crippen LogP contribution in [-0.4, -0.2) is 26.7 Å². The van der Waals surface area contributed by atoms with E-state index in [-0.39, 0.29) is 11.3 Å². The molecule has 3 aromatic carbocycles. The molecule has 1 amide bonds. The molecule has 7 nitrogen and oxygen atoms in total. The summed E-state index contributed by atoms with van der Waals surface area (Å²) >= 11 is 0. The first kappa shape index (κ1) is 22.0. The molecule has 4 rings (SSSR count). The standard InChI is InChI=1S/C26H23NO6/c1-4-32-19-8-5-16(6-9-19)24-15-23(28)22-10-7-18(13-25(22)33-24)27-26(29)17-11-20(30-2)14-21(12-17)31-3/h5-15H,4H2,1-3H3,(H,27,29). The Kier molecular flexibility index (Phi) is 6.31. The lowest BCUT2D eigenvalue weighted by atomic mass is 10.1. The smallest absolute Gasteiger partial charge is 0.255 e. The van der Waals surface area contributed by atoms with Gasteiger partial charge in [0.1, 0.15) is 28.6 Å². The highest BCUT2D eigenvalue weighted by atomic mass is 16.5. The highest BCUT2D eigenvalue weighted by molar-refractivity contribution is 6.05. The average molecular weight is 445 g/mol. The number of fused-ring (bicyclic) bond motifs is 1. The van der Waals surface area contributed by atoms with Crippen LogP contribution in [0, 0.1) is 0 Å². The minimum Gasteiger partial charge on any atom is -0.497 e. The Balaban J connectivity index is 1.65. The Morgan fingerprint density at radius 3 is 2.21 bits per heavy atom. The maximum atomic E-state index is 12.8. The van der Waals surface area contributed by atoms with Crippen molar-refractivity contribution < 1.29 is 23.4 Å². The van der Waals surface area contributed by atoms with Gasteiger partial charge in [-0.25, -0.2) is 0 Å². The summed E-state index contributed by atoms with van der Waals surface area (Å²) in [6, 6.07) is 18.6. The molecule has 168 valence electrons. The van der Waals surface area contributed by atoms with E-state index in [9.17, 15) is 9.59 Å². The fraction of sp³-hybridized carbons (Fsp3) is 0.154. The third kappa shape index (κ3) is 4.82. The van der Waals surface area contributed by atoms with Crippen LogP contribution in [0.1, 0.15) is 17.3 Å². The van der Waals surface area contributed by atoms with E-state index >= 15 is 0 Å². The van der Waals surface area contributed by atoms with Gasteiger partial charge < -0.3 is 23.9 Å². The average Bonchev–Trinajstić information content (AvgIpc) is 2.84. The highest BCUT2D eigenvalue weighted by Gasteiger charge is 2.13. The van der Waals surface area contributed by atoms with E-state index in [1.807, 2.05) is 31.2 Å². The predicted octanol–water partition coefficient (Wildman–Crippen LogP) is 5.13. The lowest BCUT2D eigenvalue weighted by Crippen LogP contribution is -2.12. The van der Waals surface area contributed by atoms with Crippen LogP contribution in [0.4, 0.5) is 5.69 Å². The van der Waals surface area contributed by atoms with E-state index in [1.165, 1.54) is 20.3 Å². The van der Waals surface area contributed by atoms with Gasteiger partial charge in [-0.2, -0.15) is 0 Å². The first-order valence-electron chi connectivity index (χ1n) is 10.4. The van der Waals surface area contributed by atoms with Gasteiger partial charge in [0, 0.05) is 35.0 Å². The number of hydrogen-bond donors (Lipinski definition) is 1. The van der Waals surface area contributed by atoms with Crippen LogP contribution in [-0.2, 0) is 0 Å². The molecule has 0 spiro atoms. The van der Waals surface area contributed by atoms with E-state index in [4.69, 9.17) is 18.6 Å². The Morgan fingerprint density at radius 1 is 0.879 bits per heavy atom. The second-order valence-electron chi connectivity index (χ2n) is 7.20. The number of hydrogen-bond acceptors (Lipinski definition) is 6. The molecule has 1 N–H and O–H groups in total. The van der Waals surface area contributed by atoms with Crippen molar-refractivity contribution in [1.82, 2.24) is 0 Å². The van der Waals surface area contributed by atoms with Gasteiger partial charge in [-0.05, 0) is 55.5 Å². The quantitative estimate of drug-likeness (QED) is 0.424. The van der Waals surface area contributed by atoms with Crippen molar-refractivity contribution in [3.63, 3.8) is 0 Å². The Hall–Kier alpha value is -4.26. The molecule has 0 atom stereocenters. The molecule has 0 saturated heterocycles. The summed E-state index contributed by atoms with van der Waals surface area (Å²) in [5.74, 6) is 1.82. The number of benzene rings is 3. The molecule has 33 heavy (non-hydrogen) atoms. The summed E-state index contributed by atoms with van der Waals surface area (Å²) in [5.41, 5.74) is 1.80. The number of amides is 1. The zero-order valence-electron chi connectivity index (χ0n) is 18.5. The molecule has 1 aromatic heterocycles.